The molecule has 1 rings (SSSR count). The van der Waals surface area contributed by atoms with Crippen LogP contribution >= 0.6 is 0 Å². The molecule has 0 aliphatic heterocycles. The van der Waals surface area contributed by atoms with Gasteiger partial charge in [0.1, 0.15) is 0 Å². The Morgan fingerprint density at radius 3 is 2.24 bits per heavy atom. The molecule has 0 amide bonds. The number of hydrogen-bond acceptors (Lipinski definition) is 2. The number of nitrogens with zero attached hydrogens (tertiary/aromatic N) is 1. The number of anilines is 1. The summed E-state index contributed by atoms with van der Waals surface area (Å²) < 4.78 is 0. The lowest BCUT2D eigenvalue weighted by molar-refractivity contribution is 0.280. The third kappa shape index (κ3) is 5.73. The van der Waals surface area contributed by atoms with Crippen molar-refractivity contribution in [2.75, 3.05) is 25.4 Å². The molecule has 0 atom stereocenters. The van der Waals surface area contributed by atoms with Crippen LogP contribution in [0.1, 0.15) is 38.7 Å². The van der Waals surface area contributed by atoms with E-state index in [9.17, 15) is 0 Å². The maximum atomic E-state index is 5.67. The first-order chi connectivity index (χ1) is 8.26. The van der Waals surface area contributed by atoms with Crippen molar-refractivity contribution in [3.05, 3.63) is 29.8 Å². The van der Waals surface area contributed by atoms with E-state index in [1.54, 1.807) is 0 Å². The third-order valence-electron chi connectivity index (χ3n) is 3.19. The van der Waals surface area contributed by atoms with Crippen LogP contribution in [-0.2, 0) is 6.42 Å². The fourth-order valence-corrected chi connectivity index (χ4v) is 2.00. The molecule has 0 radical (unpaired) electrons. The standard InChI is InChI=1S/C15H26N2/c1-3-5-12-17(4-2)13-6-7-14-8-10-15(16)11-9-14/h8-11H,3-7,12-13,16H2,1-2H3. The second kappa shape index (κ2) is 8.13. The molecule has 96 valence electrons. The van der Waals surface area contributed by atoms with Crippen LogP contribution in [0.15, 0.2) is 24.3 Å². The van der Waals surface area contributed by atoms with E-state index >= 15 is 0 Å². The molecule has 0 bridgehead atoms. The molecule has 1 aromatic rings. The second-order valence-electron chi connectivity index (χ2n) is 4.63. The Kier molecular flexibility index (Phi) is 6.71. The molecule has 0 aliphatic rings. The van der Waals surface area contributed by atoms with Crippen molar-refractivity contribution in [3.8, 4) is 0 Å². The molecule has 1 aromatic carbocycles. The molecule has 0 unspecified atom stereocenters. The summed E-state index contributed by atoms with van der Waals surface area (Å²) in [4.78, 5) is 2.54. The van der Waals surface area contributed by atoms with Crippen LogP contribution in [0.3, 0.4) is 0 Å². The highest BCUT2D eigenvalue weighted by atomic mass is 15.1. The van der Waals surface area contributed by atoms with E-state index < -0.39 is 0 Å². The SMILES string of the molecule is CCCCN(CC)CCCc1ccc(N)cc1. The van der Waals surface area contributed by atoms with Crippen LogP contribution in [0.5, 0.6) is 0 Å². The molecule has 0 saturated carbocycles. The van der Waals surface area contributed by atoms with Crippen LogP contribution in [0.2, 0.25) is 0 Å². The Hall–Kier alpha value is -1.02. The maximum Gasteiger partial charge on any atom is 0.0314 e. The zero-order valence-electron chi connectivity index (χ0n) is 11.3. The largest absolute Gasteiger partial charge is 0.399 e. The molecular weight excluding hydrogens is 208 g/mol. The molecule has 0 fully saturated rings. The van der Waals surface area contributed by atoms with Gasteiger partial charge >= 0.3 is 0 Å². The van der Waals surface area contributed by atoms with Gasteiger partial charge < -0.3 is 10.6 Å². The van der Waals surface area contributed by atoms with Crippen molar-refractivity contribution in [3.63, 3.8) is 0 Å². The molecule has 0 saturated heterocycles. The van der Waals surface area contributed by atoms with Gasteiger partial charge in [0.25, 0.3) is 0 Å². The topological polar surface area (TPSA) is 29.3 Å². The average Bonchev–Trinajstić information content (AvgIpc) is 2.36. The van der Waals surface area contributed by atoms with Crippen LogP contribution in [-0.4, -0.2) is 24.5 Å². The second-order valence-corrected chi connectivity index (χ2v) is 4.63. The number of aryl methyl sites for hydroxylation is 1. The van der Waals surface area contributed by atoms with E-state index in [-0.39, 0.29) is 0 Å². The van der Waals surface area contributed by atoms with E-state index in [0.29, 0.717) is 0 Å². The third-order valence-corrected chi connectivity index (χ3v) is 3.19. The summed E-state index contributed by atoms with van der Waals surface area (Å²) in [6, 6.07) is 8.25. The van der Waals surface area contributed by atoms with Gasteiger partial charge in [0.2, 0.25) is 0 Å². The zero-order chi connectivity index (χ0) is 12.5. The Bertz CT molecular complexity index is 292. The monoisotopic (exact) mass is 234 g/mol. The first-order valence-electron chi connectivity index (χ1n) is 6.83. The number of hydrogen-bond donors (Lipinski definition) is 1. The minimum atomic E-state index is 0.854. The molecule has 17 heavy (non-hydrogen) atoms. The smallest absolute Gasteiger partial charge is 0.0314 e. The highest BCUT2D eigenvalue weighted by Gasteiger charge is 2.01. The van der Waals surface area contributed by atoms with Crippen LogP contribution < -0.4 is 5.73 Å². The number of nitrogen functional groups attached to an aromatic ring is 1. The molecule has 0 aromatic heterocycles. The summed E-state index contributed by atoms with van der Waals surface area (Å²) in [5.41, 5.74) is 7.92. The number of unbranched alkanes of at least 4 members (excludes halogenated alkanes) is 1. The summed E-state index contributed by atoms with van der Waals surface area (Å²) >= 11 is 0. The molecule has 0 heterocycles. The van der Waals surface area contributed by atoms with Gasteiger partial charge in [-0.3, -0.25) is 0 Å². The lowest BCUT2D eigenvalue weighted by Crippen LogP contribution is -2.25. The van der Waals surface area contributed by atoms with Gasteiger partial charge in [-0.25, -0.2) is 0 Å². The first kappa shape index (κ1) is 14.0. The van der Waals surface area contributed by atoms with Crippen molar-refractivity contribution in [2.45, 2.75) is 39.5 Å². The summed E-state index contributed by atoms with van der Waals surface area (Å²) in [6.45, 7) is 8.12. The lowest BCUT2D eigenvalue weighted by Gasteiger charge is -2.19. The van der Waals surface area contributed by atoms with Gasteiger partial charge in [0, 0.05) is 5.69 Å². The summed E-state index contributed by atoms with van der Waals surface area (Å²) in [7, 11) is 0. The van der Waals surface area contributed by atoms with Crippen LogP contribution in [0.4, 0.5) is 5.69 Å². The Labute approximate surface area is 106 Å². The van der Waals surface area contributed by atoms with E-state index in [2.05, 4.69) is 30.9 Å². The molecule has 2 nitrogen and oxygen atoms in total. The predicted molar refractivity (Wildman–Crippen MR) is 76.2 cm³/mol. The Morgan fingerprint density at radius 2 is 1.65 bits per heavy atom. The van der Waals surface area contributed by atoms with Crippen molar-refractivity contribution < 1.29 is 0 Å². The van der Waals surface area contributed by atoms with Crippen LogP contribution in [0.25, 0.3) is 0 Å². The fraction of sp³-hybridized carbons (Fsp3) is 0.600. The highest BCUT2D eigenvalue weighted by Crippen LogP contribution is 2.08. The average molecular weight is 234 g/mol. The quantitative estimate of drug-likeness (QED) is 0.699. The van der Waals surface area contributed by atoms with E-state index in [1.807, 2.05) is 12.1 Å². The van der Waals surface area contributed by atoms with Crippen molar-refractivity contribution in [2.24, 2.45) is 0 Å². The summed E-state index contributed by atoms with van der Waals surface area (Å²) in [6.07, 6.45) is 4.99. The van der Waals surface area contributed by atoms with Gasteiger partial charge in [-0.2, -0.15) is 0 Å². The minimum absolute atomic E-state index is 0.854. The lowest BCUT2D eigenvalue weighted by atomic mass is 10.1. The fourth-order valence-electron chi connectivity index (χ4n) is 2.00. The number of nitrogens with two attached hydrogens (primary N) is 1. The van der Waals surface area contributed by atoms with Crippen molar-refractivity contribution in [1.29, 1.82) is 0 Å². The minimum Gasteiger partial charge on any atom is -0.399 e. The van der Waals surface area contributed by atoms with Gasteiger partial charge in [0.15, 0.2) is 0 Å². The first-order valence-corrected chi connectivity index (χ1v) is 6.83. The van der Waals surface area contributed by atoms with Crippen molar-refractivity contribution >= 4 is 5.69 Å². The van der Waals surface area contributed by atoms with Gasteiger partial charge in [-0.15, -0.1) is 0 Å². The summed E-state index contributed by atoms with van der Waals surface area (Å²) in [5.74, 6) is 0. The number of rotatable bonds is 8. The molecule has 0 spiro atoms. The van der Waals surface area contributed by atoms with Gasteiger partial charge in [-0.1, -0.05) is 32.4 Å². The predicted octanol–water partition coefficient (Wildman–Crippen LogP) is 3.32. The van der Waals surface area contributed by atoms with Crippen molar-refractivity contribution in [1.82, 2.24) is 4.90 Å². The Balaban J connectivity index is 2.23. The summed E-state index contributed by atoms with van der Waals surface area (Å²) in [5, 5.41) is 0. The van der Waals surface area contributed by atoms with Gasteiger partial charge in [-0.05, 0) is 56.6 Å². The number of benzene rings is 1. The van der Waals surface area contributed by atoms with E-state index in [0.717, 1.165) is 12.1 Å². The normalized spacial score (nSPS) is 11.0. The maximum absolute atomic E-state index is 5.67. The highest BCUT2D eigenvalue weighted by molar-refractivity contribution is 5.39. The molecular formula is C15H26N2. The zero-order valence-corrected chi connectivity index (χ0v) is 11.3. The molecule has 2 N–H and O–H groups in total. The molecule has 0 aliphatic carbocycles. The van der Waals surface area contributed by atoms with E-state index in [4.69, 9.17) is 5.73 Å². The molecule has 2 heteroatoms. The van der Waals surface area contributed by atoms with Crippen LogP contribution in [0, 0.1) is 0 Å². The van der Waals surface area contributed by atoms with E-state index in [1.165, 1.54) is 44.5 Å². The van der Waals surface area contributed by atoms with Gasteiger partial charge in [0.05, 0.1) is 0 Å². The Morgan fingerprint density at radius 1 is 1.00 bits per heavy atom.